The lowest BCUT2D eigenvalue weighted by Crippen LogP contribution is -2.45. The van der Waals surface area contributed by atoms with Crippen molar-refractivity contribution in [1.82, 2.24) is 10.2 Å². The van der Waals surface area contributed by atoms with Crippen LogP contribution in [0.5, 0.6) is 0 Å². The molecule has 0 aromatic carbocycles. The molecule has 162 valence electrons. The Morgan fingerprint density at radius 1 is 1.11 bits per heavy atom. The number of hydrogen-bond acceptors (Lipinski definition) is 9. The van der Waals surface area contributed by atoms with Crippen molar-refractivity contribution < 1.29 is 41.3 Å². The summed E-state index contributed by atoms with van der Waals surface area (Å²) in [6.07, 6.45) is -2.40. The van der Waals surface area contributed by atoms with Gasteiger partial charge in [-0.25, -0.2) is 9.59 Å². The van der Waals surface area contributed by atoms with Crippen LogP contribution in [-0.4, -0.2) is 76.4 Å². The number of nitrogens with zero attached hydrogens (tertiary/aromatic N) is 1. The van der Waals surface area contributed by atoms with Crippen molar-refractivity contribution in [1.29, 1.82) is 0 Å². The average molecular weight is 424 g/mol. The van der Waals surface area contributed by atoms with Gasteiger partial charge in [-0.1, -0.05) is 13.8 Å². The molecule has 0 aliphatic carbocycles. The second-order valence-corrected chi connectivity index (χ2v) is 8.68. The first-order chi connectivity index (χ1) is 12.7. The van der Waals surface area contributed by atoms with Gasteiger partial charge >= 0.3 is 18.0 Å². The van der Waals surface area contributed by atoms with Crippen molar-refractivity contribution in [2.45, 2.75) is 40.2 Å². The molecule has 11 nitrogen and oxygen atoms in total. The molecule has 0 aliphatic heterocycles. The molecule has 1 N–H and O–H groups in total. The van der Waals surface area contributed by atoms with Crippen molar-refractivity contribution in [3.05, 3.63) is 0 Å². The third kappa shape index (κ3) is 10.2. The Kier molecular flexibility index (Phi) is 10.1. The summed E-state index contributed by atoms with van der Waals surface area (Å²) in [5, 5.41) is 2.46. The number of esters is 2. The van der Waals surface area contributed by atoms with Crippen LogP contribution >= 0.6 is 0 Å². The van der Waals surface area contributed by atoms with Crippen LogP contribution in [0.15, 0.2) is 0 Å². The number of amides is 2. The van der Waals surface area contributed by atoms with Crippen LogP contribution in [0, 0.1) is 5.41 Å². The van der Waals surface area contributed by atoms with Gasteiger partial charge in [0.1, 0.15) is 0 Å². The highest BCUT2D eigenvalue weighted by Gasteiger charge is 2.42. The average Bonchev–Trinajstić information content (AvgIpc) is 2.54. The van der Waals surface area contributed by atoms with E-state index in [9.17, 15) is 27.6 Å². The summed E-state index contributed by atoms with van der Waals surface area (Å²) in [6, 6.07) is 0. The first-order valence-electron chi connectivity index (χ1n) is 8.39. The van der Waals surface area contributed by atoms with Gasteiger partial charge in [-0.15, -0.1) is 0 Å². The zero-order valence-electron chi connectivity index (χ0n) is 16.9. The molecule has 12 heteroatoms. The molecule has 1 atom stereocenters. The molecule has 2 amide bonds. The SMILES string of the molecule is CC(=O)NCCCS(=O)(=O)OCC(C)(C)[C@@H](OC(C)=O)C(=O)OC(=O)N(C)C. The molecule has 28 heavy (non-hydrogen) atoms. The zero-order chi connectivity index (χ0) is 22.1. The molecule has 0 unspecified atom stereocenters. The Morgan fingerprint density at radius 2 is 1.68 bits per heavy atom. The fourth-order valence-corrected chi connectivity index (χ4v) is 2.91. The Balaban J connectivity index is 5.04. The molecule has 0 spiro atoms. The van der Waals surface area contributed by atoms with Gasteiger partial charge in [0.2, 0.25) is 12.0 Å². The summed E-state index contributed by atoms with van der Waals surface area (Å²) < 4.78 is 38.5. The molecular formula is C16H28N2O9S. The van der Waals surface area contributed by atoms with Crippen LogP contribution in [0.1, 0.15) is 34.1 Å². The third-order valence-electron chi connectivity index (χ3n) is 3.32. The predicted octanol–water partition coefficient (Wildman–Crippen LogP) is 0.0417. The van der Waals surface area contributed by atoms with E-state index in [2.05, 4.69) is 10.1 Å². The minimum atomic E-state index is -3.96. The van der Waals surface area contributed by atoms with E-state index < -0.39 is 46.3 Å². The smallest absolute Gasteiger partial charge is 0.417 e. The normalized spacial score (nSPS) is 12.6. The van der Waals surface area contributed by atoms with Gasteiger partial charge in [-0.3, -0.25) is 13.8 Å². The molecular weight excluding hydrogens is 396 g/mol. The monoisotopic (exact) mass is 424 g/mol. The van der Waals surface area contributed by atoms with Crippen molar-refractivity contribution in [3.63, 3.8) is 0 Å². The molecule has 0 rings (SSSR count). The highest BCUT2D eigenvalue weighted by atomic mass is 32.2. The quantitative estimate of drug-likeness (QED) is 0.222. The fourth-order valence-electron chi connectivity index (χ4n) is 1.81. The van der Waals surface area contributed by atoms with Crippen LogP contribution in [-0.2, 0) is 38.2 Å². The topological polar surface area (TPSA) is 145 Å². The summed E-state index contributed by atoms with van der Waals surface area (Å²) in [6.45, 7) is 4.88. The summed E-state index contributed by atoms with van der Waals surface area (Å²) in [4.78, 5) is 46.9. The van der Waals surface area contributed by atoms with E-state index in [4.69, 9.17) is 8.92 Å². The van der Waals surface area contributed by atoms with E-state index in [1.165, 1.54) is 34.9 Å². The number of hydrogen-bond donors (Lipinski definition) is 1. The van der Waals surface area contributed by atoms with Crippen LogP contribution in [0.4, 0.5) is 4.79 Å². The van der Waals surface area contributed by atoms with Crippen molar-refractivity contribution in [2.75, 3.05) is 33.0 Å². The summed E-state index contributed by atoms with van der Waals surface area (Å²) in [7, 11) is -1.24. The van der Waals surface area contributed by atoms with Gasteiger partial charge in [0, 0.05) is 39.9 Å². The molecule has 0 aliphatic rings. The largest absolute Gasteiger partial charge is 0.450 e. The van der Waals surface area contributed by atoms with Gasteiger partial charge in [-0.05, 0) is 6.42 Å². The molecule has 0 heterocycles. The van der Waals surface area contributed by atoms with Crippen molar-refractivity contribution in [3.8, 4) is 0 Å². The summed E-state index contributed by atoms with van der Waals surface area (Å²) >= 11 is 0. The molecule has 0 aromatic heterocycles. The molecule has 0 saturated heterocycles. The standard InChI is InChI=1S/C16H28N2O9S/c1-11(19)17-8-7-9-28(23,24)25-10-16(3,4)13(26-12(2)20)14(21)27-15(22)18(5)6/h13H,7-10H2,1-6H3,(H,17,19)/t13-/m0/s1. The maximum absolute atomic E-state index is 12.2. The van der Waals surface area contributed by atoms with Crippen molar-refractivity contribution in [2.24, 2.45) is 5.41 Å². The van der Waals surface area contributed by atoms with Gasteiger partial charge in [-0.2, -0.15) is 8.42 Å². The fraction of sp³-hybridized carbons (Fsp3) is 0.750. The first kappa shape index (κ1) is 25.8. The molecule has 0 aromatic rings. The highest BCUT2D eigenvalue weighted by molar-refractivity contribution is 7.86. The maximum Gasteiger partial charge on any atom is 0.417 e. The van der Waals surface area contributed by atoms with Crippen molar-refractivity contribution >= 4 is 34.1 Å². The van der Waals surface area contributed by atoms with Gasteiger partial charge < -0.3 is 19.7 Å². The van der Waals surface area contributed by atoms with Gasteiger partial charge in [0.15, 0.2) is 0 Å². The minimum Gasteiger partial charge on any atom is -0.450 e. The van der Waals surface area contributed by atoms with E-state index in [1.807, 2.05) is 0 Å². The van der Waals surface area contributed by atoms with E-state index >= 15 is 0 Å². The minimum absolute atomic E-state index is 0.134. The van der Waals surface area contributed by atoms with Gasteiger partial charge in [0.05, 0.1) is 12.4 Å². The second kappa shape index (κ2) is 11.0. The number of carbonyl (C=O) groups excluding carboxylic acids is 4. The Labute approximate surface area is 164 Å². The molecule has 0 bridgehead atoms. The first-order valence-corrected chi connectivity index (χ1v) is 9.97. The van der Waals surface area contributed by atoms with E-state index in [1.54, 1.807) is 0 Å². The lowest BCUT2D eigenvalue weighted by atomic mass is 9.87. The van der Waals surface area contributed by atoms with Crippen LogP contribution in [0.2, 0.25) is 0 Å². The number of ether oxygens (including phenoxy) is 2. The molecule has 0 radical (unpaired) electrons. The molecule has 0 saturated carbocycles. The number of rotatable bonds is 10. The Morgan fingerprint density at radius 3 is 2.14 bits per heavy atom. The molecule has 0 fully saturated rings. The van der Waals surface area contributed by atoms with E-state index in [0.29, 0.717) is 0 Å². The Hall–Kier alpha value is -2.21. The number of carbonyl (C=O) groups is 4. The van der Waals surface area contributed by atoms with E-state index in [0.717, 1.165) is 11.8 Å². The summed E-state index contributed by atoms with van der Waals surface area (Å²) in [5.41, 5.74) is -1.32. The number of nitrogens with one attached hydrogen (secondary N) is 1. The van der Waals surface area contributed by atoms with Crippen LogP contribution in [0.3, 0.4) is 0 Å². The lowest BCUT2D eigenvalue weighted by Gasteiger charge is -2.31. The highest BCUT2D eigenvalue weighted by Crippen LogP contribution is 2.26. The second-order valence-electron chi connectivity index (χ2n) is 6.92. The van der Waals surface area contributed by atoms with Crippen LogP contribution in [0.25, 0.3) is 0 Å². The summed E-state index contributed by atoms with van der Waals surface area (Å²) in [5.74, 6) is -2.60. The third-order valence-corrected chi connectivity index (χ3v) is 4.58. The Bertz CT molecular complexity index is 686. The predicted molar refractivity (Wildman–Crippen MR) is 97.5 cm³/mol. The van der Waals surface area contributed by atoms with E-state index in [-0.39, 0.29) is 24.6 Å². The zero-order valence-corrected chi connectivity index (χ0v) is 17.8. The van der Waals surface area contributed by atoms with Crippen LogP contribution < -0.4 is 5.32 Å². The lowest BCUT2D eigenvalue weighted by molar-refractivity contribution is -0.172. The van der Waals surface area contributed by atoms with Gasteiger partial charge in [0.25, 0.3) is 10.1 Å². The maximum atomic E-state index is 12.2.